The molecule has 21 heavy (non-hydrogen) atoms. The lowest BCUT2D eigenvalue weighted by molar-refractivity contribution is 0.112. The molecule has 0 N–H and O–H groups in total. The fourth-order valence-electron chi connectivity index (χ4n) is 2.97. The second-order valence-electron chi connectivity index (χ2n) is 5.05. The first-order valence-electron chi connectivity index (χ1n) is 7.32. The molecule has 0 fully saturated rings. The third-order valence-electron chi connectivity index (χ3n) is 3.90. The van der Waals surface area contributed by atoms with E-state index in [1.165, 1.54) is 5.56 Å². The third kappa shape index (κ3) is 2.43. The zero-order chi connectivity index (χ0) is 14.7. The fourth-order valence-corrected chi connectivity index (χ4v) is 2.97. The van der Waals surface area contributed by atoms with Crippen molar-refractivity contribution in [1.82, 2.24) is 0 Å². The van der Waals surface area contributed by atoms with Crippen molar-refractivity contribution in [3.05, 3.63) is 59.7 Å². The number of carbonyl (C=O) groups is 1. The van der Waals surface area contributed by atoms with Crippen molar-refractivity contribution in [2.24, 2.45) is 0 Å². The predicted molar refractivity (Wildman–Crippen MR) is 87.0 cm³/mol. The Hall–Kier alpha value is -2.19. The highest BCUT2D eigenvalue weighted by Crippen LogP contribution is 2.32. The first-order valence-corrected chi connectivity index (χ1v) is 7.32. The van der Waals surface area contributed by atoms with Gasteiger partial charge in [0.1, 0.15) is 0 Å². The lowest BCUT2D eigenvalue weighted by Gasteiger charge is -2.14. The Balaban J connectivity index is 2.33. The number of rotatable bonds is 5. The first kappa shape index (κ1) is 13.8. The number of ether oxygens (including phenoxy) is 1. The minimum Gasteiger partial charge on any atom is -0.381 e. The molecule has 0 aliphatic heterocycles. The molecule has 0 unspecified atom stereocenters. The van der Waals surface area contributed by atoms with Gasteiger partial charge < -0.3 is 4.74 Å². The number of hydrogen-bond acceptors (Lipinski definition) is 2. The van der Waals surface area contributed by atoms with E-state index in [1.54, 1.807) is 0 Å². The molecule has 0 radical (unpaired) electrons. The van der Waals surface area contributed by atoms with Gasteiger partial charge in [-0.1, -0.05) is 48.5 Å². The maximum atomic E-state index is 11.6. The van der Waals surface area contributed by atoms with E-state index < -0.39 is 0 Å². The van der Waals surface area contributed by atoms with E-state index in [4.69, 9.17) is 4.74 Å². The van der Waals surface area contributed by atoms with E-state index in [9.17, 15) is 4.79 Å². The van der Waals surface area contributed by atoms with Crippen molar-refractivity contribution in [3.63, 3.8) is 0 Å². The highest BCUT2D eigenvalue weighted by atomic mass is 16.5. The van der Waals surface area contributed by atoms with E-state index in [1.807, 2.05) is 43.3 Å². The largest absolute Gasteiger partial charge is 0.381 e. The van der Waals surface area contributed by atoms with E-state index in [0.29, 0.717) is 6.61 Å². The summed E-state index contributed by atoms with van der Waals surface area (Å²) < 4.78 is 5.52. The zero-order valence-electron chi connectivity index (χ0n) is 12.1. The lowest BCUT2D eigenvalue weighted by atomic mass is 9.91. The van der Waals surface area contributed by atoms with Gasteiger partial charge >= 0.3 is 0 Å². The van der Waals surface area contributed by atoms with E-state index >= 15 is 0 Å². The van der Waals surface area contributed by atoms with Gasteiger partial charge in [-0.05, 0) is 40.5 Å². The molecule has 0 aromatic heterocycles. The van der Waals surface area contributed by atoms with Crippen molar-refractivity contribution >= 4 is 27.8 Å². The molecule has 0 bridgehead atoms. The van der Waals surface area contributed by atoms with Crippen LogP contribution in [0.1, 0.15) is 22.8 Å². The maximum absolute atomic E-state index is 11.6. The summed E-state index contributed by atoms with van der Waals surface area (Å²) in [4.78, 5) is 11.6. The average Bonchev–Trinajstić information content (AvgIpc) is 2.54. The second-order valence-corrected chi connectivity index (χ2v) is 5.05. The summed E-state index contributed by atoms with van der Waals surface area (Å²) in [7, 11) is 0. The predicted octanol–water partition coefficient (Wildman–Crippen LogP) is 4.38. The van der Waals surface area contributed by atoms with Crippen LogP contribution in [-0.2, 0) is 11.2 Å². The molecule has 3 aromatic carbocycles. The van der Waals surface area contributed by atoms with Crippen LogP contribution in [0.15, 0.2) is 48.5 Å². The summed E-state index contributed by atoms with van der Waals surface area (Å²) in [5, 5.41) is 4.35. The molecule has 0 atom stereocenters. The first-order chi connectivity index (χ1) is 10.4. The quantitative estimate of drug-likeness (QED) is 0.393. The van der Waals surface area contributed by atoms with Crippen LogP contribution in [0, 0.1) is 0 Å². The van der Waals surface area contributed by atoms with Gasteiger partial charge in [0.2, 0.25) is 0 Å². The Morgan fingerprint density at radius 3 is 1.90 bits per heavy atom. The molecule has 0 saturated carbocycles. The fraction of sp³-hybridized carbons (Fsp3) is 0.211. The summed E-state index contributed by atoms with van der Waals surface area (Å²) in [5.41, 5.74) is 2.04. The Bertz CT molecular complexity index is 733. The molecule has 0 aliphatic carbocycles. The third-order valence-corrected chi connectivity index (χ3v) is 3.90. The smallest absolute Gasteiger partial charge is 0.151 e. The van der Waals surface area contributed by atoms with Crippen LogP contribution < -0.4 is 0 Å². The Morgan fingerprint density at radius 2 is 1.43 bits per heavy atom. The Labute approximate surface area is 124 Å². The molecule has 0 amide bonds. The van der Waals surface area contributed by atoms with Crippen LogP contribution in [0.4, 0.5) is 0 Å². The van der Waals surface area contributed by atoms with Crippen LogP contribution in [0.25, 0.3) is 21.5 Å². The summed E-state index contributed by atoms with van der Waals surface area (Å²) in [5.74, 6) is 0. The molecule has 106 valence electrons. The van der Waals surface area contributed by atoms with Gasteiger partial charge in [-0.2, -0.15) is 0 Å². The molecule has 2 heteroatoms. The SMILES string of the molecule is CCOCCc1c2ccccc2c(C=O)c2ccccc12. The average molecular weight is 278 g/mol. The zero-order valence-corrected chi connectivity index (χ0v) is 12.1. The normalized spacial score (nSPS) is 11.1. The number of aldehydes is 1. The molecule has 3 aromatic rings. The van der Waals surface area contributed by atoms with Gasteiger partial charge in [0.25, 0.3) is 0 Å². The molecule has 0 spiro atoms. The second kappa shape index (κ2) is 6.06. The van der Waals surface area contributed by atoms with Gasteiger partial charge in [-0.25, -0.2) is 0 Å². The lowest BCUT2D eigenvalue weighted by Crippen LogP contribution is -2.01. The van der Waals surface area contributed by atoms with Crippen molar-refractivity contribution in [3.8, 4) is 0 Å². The summed E-state index contributed by atoms with van der Waals surface area (Å²) >= 11 is 0. The molecule has 0 aliphatic rings. The van der Waals surface area contributed by atoms with Gasteiger partial charge in [0.05, 0.1) is 6.61 Å². The molecule has 0 saturated heterocycles. The molecule has 0 heterocycles. The van der Waals surface area contributed by atoms with Crippen LogP contribution in [0.2, 0.25) is 0 Å². The van der Waals surface area contributed by atoms with Gasteiger partial charge in [-0.3, -0.25) is 4.79 Å². The summed E-state index contributed by atoms with van der Waals surface area (Å²) in [6.07, 6.45) is 1.82. The van der Waals surface area contributed by atoms with Crippen LogP contribution in [0.3, 0.4) is 0 Å². The van der Waals surface area contributed by atoms with Crippen LogP contribution in [0.5, 0.6) is 0 Å². The van der Waals surface area contributed by atoms with Gasteiger partial charge in [0.15, 0.2) is 6.29 Å². The van der Waals surface area contributed by atoms with E-state index in [-0.39, 0.29) is 0 Å². The van der Waals surface area contributed by atoms with E-state index in [0.717, 1.165) is 46.4 Å². The topological polar surface area (TPSA) is 26.3 Å². The Morgan fingerprint density at radius 1 is 0.905 bits per heavy atom. The van der Waals surface area contributed by atoms with Crippen LogP contribution in [-0.4, -0.2) is 19.5 Å². The summed E-state index contributed by atoms with van der Waals surface area (Å²) in [6, 6.07) is 16.2. The molecular weight excluding hydrogens is 260 g/mol. The highest BCUT2D eigenvalue weighted by molar-refractivity contribution is 6.14. The highest BCUT2D eigenvalue weighted by Gasteiger charge is 2.12. The molecule has 3 rings (SSSR count). The van der Waals surface area contributed by atoms with Crippen molar-refractivity contribution in [2.75, 3.05) is 13.2 Å². The number of benzene rings is 3. The van der Waals surface area contributed by atoms with Gasteiger partial charge in [-0.15, -0.1) is 0 Å². The summed E-state index contributed by atoms with van der Waals surface area (Å²) in [6.45, 7) is 3.43. The molecular formula is C19H18O2. The Kier molecular flexibility index (Phi) is 3.98. The maximum Gasteiger partial charge on any atom is 0.151 e. The minimum atomic E-state index is 0.699. The number of hydrogen-bond donors (Lipinski definition) is 0. The van der Waals surface area contributed by atoms with Gasteiger partial charge in [0, 0.05) is 12.2 Å². The van der Waals surface area contributed by atoms with E-state index in [2.05, 4.69) is 12.1 Å². The molecule has 2 nitrogen and oxygen atoms in total. The van der Waals surface area contributed by atoms with Crippen molar-refractivity contribution in [1.29, 1.82) is 0 Å². The van der Waals surface area contributed by atoms with Crippen molar-refractivity contribution < 1.29 is 9.53 Å². The standard InChI is InChI=1S/C19H18O2/c1-2-21-12-11-18-14-7-3-5-9-16(14)19(13-20)17-10-6-4-8-15(17)18/h3-10,13H,2,11-12H2,1H3. The number of fused-ring (bicyclic) bond motifs is 2. The number of carbonyl (C=O) groups excluding carboxylic acids is 1. The van der Waals surface area contributed by atoms with Crippen LogP contribution >= 0.6 is 0 Å². The van der Waals surface area contributed by atoms with Crippen molar-refractivity contribution in [2.45, 2.75) is 13.3 Å². The monoisotopic (exact) mass is 278 g/mol. The minimum absolute atomic E-state index is 0.699.